The van der Waals surface area contributed by atoms with Crippen molar-refractivity contribution < 1.29 is 0 Å². The fourth-order valence-electron chi connectivity index (χ4n) is 6.04. The summed E-state index contributed by atoms with van der Waals surface area (Å²) in [5.41, 5.74) is 0. The van der Waals surface area contributed by atoms with E-state index in [0.29, 0.717) is 0 Å². The lowest BCUT2D eigenvalue weighted by atomic mass is 9.72. The topological polar surface area (TPSA) is 0 Å². The fourth-order valence-corrected chi connectivity index (χ4v) is 6.04. The standard InChI is InChI=1S/C19H36/c1-8-9-17-15(6)18-13(4)11(2)10-12(3)14(5)19(18)16(17)7/h11-19H,8-10H2,1-7H3. The molecule has 2 rings (SSSR count). The van der Waals surface area contributed by atoms with Crippen LogP contribution in [0.4, 0.5) is 0 Å². The second-order valence-electron chi connectivity index (χ2n) is 8.23. The van der Waals surface area contributed by atoms with Crippen LogP contribution in [-0.2, 0) is 0 Å². The molecule has 0 aromatic carbocycles. The minimum atomic E-state index is 0.919. The molecule has 2 saturated carbocycles. The lowest BCUT2D eigenvalue weighted by Crippen LogP contribution is -2.28. The van der Waals surface area contributed by atoms with Gasteiger partial charge in [0.15, 0.2) is 0 Å². The summed E-state index contributed by atoms with van der Waals surface area (Å²) in [5, 5.41) is 0. The van der Waals surface area contributed by atoms with Crippen molar-refractivity contribution in [3.05, 3.63) is 0 Å². The van der Waals surface area contributed by atoms with Gasteiger partial charge in [0.2, 0.25) is 0 Å². The molecule has 0 N–H and O–H groups in total. The van der Waals surface area contributed by atoms with Crippen molar-refractivity contribution in [2.24, 2.45) is 53.3 Å². The molecule has 0 amide bonds. The van der Waals surface area contributed by atoms with E-state index >= 15 is 0 Å². The van der Waals surface area contributed by atoms with E-state index in [1.54, 1.807) is 0 Å². The summed E-state index contributed by atoms with van der Waals surface area (Å²) in [7, 11) is 0. The number of rotatable bonds is 2. The van der Waals surface area contributed by atoms with Crippen molar-refractivity contribution in [3.8, 4) is 0 Å². The maximum Gasteiger partial charge on any atom is -0.0324 e. The molecule has 112 valence electrons. The smallest absolute Gasteiger partial charge is 0.0324 e. The van der Waals surface area contributed by atoms with Gasteiger partial charge >= 0.3 is 0 Å². The predicted molar refractivity (Wildman–Crippen MR) is 85.0 cm³/mol. The van der Waals surface area contributed by atoms with Crippen molar-refractivity contribution in [3.63, 3.8) is 0 Å². The first-order chi connectivity index (χ1) is 8.90. The molecule has 0 heterocycles. The number of fused-ring (bicyclic) bond motifs is 1. The van der Waals surface area contributed by atoms with Crippen LogP contribution in [0.2, 0.25) is 0 Å². The molecule has 0 bridgehead atoms. The largest absolute Gasteiger partial charge is 0.0654 e. The molecule has 0 heteroatoms. The van der Waals surface area contributed by atoms with E-state index in [2.05, 4.69) is 48.5 Å². The summed E-state index contributed by atoms with van der Waals surface area (Å²) in [5.74, 6) is 8.55. The van der Waals surface area contributed by atoms with Gasteiger partial charge in [-0.15, -0.1) is 0 Å². The van der Waals surface area contributed by atoms with Crippen molar-refractivity contribution in [2.75, 3.05) is 0 Å². The van der Waals surface area contributed by atoms with Gasteiger partial charge in [0, 0.05) is 0 Å². The van der Waals surface area contributed by atoms with Crippen LogP contribution in [0.25, 0.3) is 0 Å². The summed E-state index contributed by atoms with van der Waals surface area (Å²) >= 11 is 0. The van der Waals surface area contributed by atoms with Crippen LogP contribution >= 0.6 is 0 Å². The predicted octanol–water partition coefficient (Wildman–Crippen LogP) is 5.87. The molecule has 0 nitrogen and oxygen atoms in total. The average molecular weight is 264 g/mol. The third kappa shape index (κ3) is 2.49. The van der Waals surface area contributed by atoms with Crippen LogP contribution in [0, 0.1) is 53.3 Å². The molecule has 0 radical (unpaired) electrons. The first kappa shape index (κ1) is 15.4. The van der Waals surface area contributed by atoms with Gasteiger partial charge < -0.3 is 0 Å². The van der Waals surface area contributed by atoms with E-state index in [9.17, 15) is 0 Å². The van der Waals surface area contributed by atoms with Crippen LogP contribution in [0.15, 0.2) is 0 Å². The van der Waals surface area contributed by atoms with E-state index in [1.807, 2.05) is 0 Å². The van der Waals surface area contributed by atoms with Crippen LogP contribution in [0.3, 0.4) is 0 Å². The Balaban J connectivity index is 2.32. The van der Waals surface area contributed by atoms with Crippen molar-refractivity contribution in [2.45, 2.75) is 67.7 Å². The average Bonchev–Trinajstić information content (AvgIpc) is 2.56. The molecule has 0 aromatic rings. The zero-order valence-corrected chi connectivity index (χ0v) is 14.3. The molecule has 8 atom stereocenters. The lowest BCUT2D eigenvalue weighted by molar-refractivity contribution is 0.145. The summed E-state index contributed by atoms with van der Waals surface area (Å²) in [6, 6.07) is 0. The van der Waals surface area contributed by atoms with E-state index < -0.39 is 0 Å². The van der Waals surface area contributed by atoms with Gasteiger partial charge in [0.05, 0.1) is 0 Å². The molecule has 0 aromatic heterocycles. The quantitative estimate of drug-likeness (QED) is 0.585. The molecule has 0 saturated heterocycles. The summed E-state index contributed by atoms with van der Waals surface area (Å²) in [6.07, 6.45) is 4.28. The highest BCUT2D eigenvalue weighted by Gasteiger charge is 2.52. The van der Waals surface area contributed by atoms with E-state index in [-0.39, 0.29) is 0 Å². The van der Waals surface area contributed by atoms with Gasteiger partial charge in [0.25, 0.3) is 0 Å². The lowest BCUT2D eigenvalue weighted by Gasteiger charge is -2.33. The summed E-state index contributed by atoms with van der Waals surface area (Å²) < 4.78 is 0. The summed E-state index contributed by atoms with van der Waals surface area (Å²) in [6.45, 7) is 17.7. The minimum Gasteiger partial charge on any atom is -0.0654 e. The molecular formula is C19H36. The number of hydrogen-bond acceptors (Lipinski definition) is 0. The third-order valence-electron chi connectivity index (χ3n) is 7.38. The SMILES string of the molecule is CCCC1C(C)C2C(C)C(C)CC(C)C(C)C2C1C. The van der Waals surface area contributed by atoms with Gasteiger partial charge in [0.1, 0.15) is 0 Å². The van der Waals surface area contributed by atoms with Gasteiger partial charge in [-0.25, -0.2) is 0 Å². The highest BCUT2D eigenvalue weighted by atomic mass is 14.6. The van der Waals surface area contributed by atoms with Crippen LogP contribution < -0.4 is 0 Å². The highest BCUT2D eigenvalue weighted by Crippen LogP contribution is 2.58. The highest BCUT2D eigenvalue weighted by molar-refractivity contribution is 5.00. The van der Waals surface area contributed by atoms with Gasteiger partial charge in [-0.1, -0.05) is 61.3 Å². The second-order valence-corrected chi connectivity index (χ2v) is 8.23. The minimum absolute atomic E-state index is 0.919. The Bertz CT molecular complexity index is 268. The van der Waals surface area contributed by atoms with Gasteiger partial charge in [-0.2, -0.15) is 0 Å². The Labute approximate surface area is 121 Å². The Morgan fingerprint density at radius 1 is 0.684 bits per heavy atom. The Kier molecular flexibility index (Phi) is 4.68. The first-order valence-corrected chi connectivity index (χ1v) is 8.90. The molecule has 0 aliphatic heterocycles. The van der Waals surface area contributed by atoms with Crippen molar-refractivity contribution in [1.29, 1.82) is 0 Å². The van der Waals surface area contributed by atoms with Crippen LogP contribution in [0.5, 0.6) is 0 Å². The molecule has 8 unspecified atom stereocenters. The molecule has 2 fully saturated rings. The Hall–Kier alpha value is 0. The Morgan fingerprint density at radius 2 is 1.11 bits per heavy atom. The second kappa shape index (κ2) is 5.78. The van der Waals surface area contributed by atoms with Crippen LogP contribution in [0.1, 0.15) is 67.7 Å². The monoisotopic (exact) mass is 264 g/mol. The molecule has 2 aliphatic rings. The number of hydrogen-bond donors (Lipinski definition) is 0. The van der Waals surface area contributed by atoms with Gasteiger partial charge in [-0.3, -0.25) is 0 Å². The third-order valence-corrected chi connectivity index (χ3v) is 7.38. The first-order valence-electron chi connectivity index (χ1n) is 8.90. The van der Waals surface area contributed by atoms with Crippen molar-refractivity contribution >= 4 is 0 Å². The normalized spacial score (nSPS) is 54.8. The maximum atomic E-state index is 2.58. The van der Waals surface area contributed by atoms with Crippen LogP contribution in [-0.4, -0.2) is 0 Å². The maximum absolute atomic E-state index is 2.58. The molecule has 0 spiro atoms. The van der Waals surface area contributed by atoms with E-state index in [0.717, 1.165) is 53.3 Å². The fraction of sp³-hybridized carbons (Fsp3) is 1.00. The molecule has 19 heavy (non-hydrogen) atoms. The van der Waals surface area contributed by atoms with E-state index in [4.69, 9.17) is 0 Å². The van der Waals surface area contributed by atoms with Gasteiger partial charge in [-0.05, 0) is 59.7 Å². The summed E-state index contributed by atoms with van der Waals surface area (Å²) in [4.78, 5) is 0. The molecule has 2 aliphatic carbocycles. The zero-order valence-electron chi connectivity index (χ0n) is 14.3. The van der Waals surface area contributed by atoms with E-state index in [1.165, 1.54) is 19.3 Å². The molecular weight excluding hydrogens is 228 g/mol. The zero-order chi connectivity index (χ0) is 14.3. The Morgan fingerprint density at radius 3 is 1.47 bits per heavy atom. The van der Waals surface area contributed by atoms with Crippen molar-refractivity contribution in [1.82, 2.24) is 0 Å².